The van der Waals surface area contributed by atoms with Crippen LogP contribution >= 0.6 is 0 Å². The molecular formula is C9H19N. The molecule has 0 rings (SSSR count). The summed E-state index contributed by atoms with van der Waals surface area (Å²) in [5.41, 5.74) is 0. The van der Waals surface area contributed by atoms with Gasteiger partial charge in [-0.1, -0.05) is 19.4 Å². The Labute approximate surface area is 64.5 Å². The fourth-order valence-corrected chi connectivity index (χ4v) is 0.798. The van der Waals surface area contributed by atoms with Crippen molar-refractivity contribution >= 4 is 0 Å². The van der Waals surface area contributed by atoms with E-state index in [4.69, 9.17) is 0 Å². The zero-order valence-corrected chi connectivity index (χ0v) is 7.03. The summed E-state index contributed by atoms with van der Waals surface area (Å²) in [4.78, 5) is 0. The molecule has 10 heavy (non-hydrogen) atoms. The van der Waals surface area contributed by atoms with Gasteiger partial charge in [0, 0.05) is 0 Å². The molecule has 0 radical (unpaired) electrons. The van der Waals surface area contributed by atoms with Crippen LogP contribution in [-0.4, -0.2) is 13.1 Å². The Morgan fingerprint density at radius 3 is 2.60 bits per heavy atom. The van der Waals surface area contributed by atoms with E-state index in [2.05, 4.69) is 18.8 Å². The average molecular weight is 141 g/mol. The SMILES string of the molecule is C=CCCCNCCCC. The summed E-state index contributed by atoms with van der Waals surface area (Å²) in [6.07, 6.45) is 6.93. The maximum atomic E-state index is 3.67. The highest BCUT2D eigenvalue weighted by Crippen LogP contribution is 1.87. The summed E-state index contributed by atoms with van der Waals surface area (Å²) in [5.74, 6) is 0. The molecule has 0 spiro atoms. The third-order valence-electron chi connectivity index (χ3n) is 1.47. The lowest BCUT2D eigenvalue weighted by molar-refractivity contribution is 0.620. The molecule has 0 aromatic rings. The van der Waals surface area contributed by atoms with Crippen LogP contribution in [0, 0.1) is 0 Å². The first-order valence-corrected chi connectivity index (χ1v) is 4.23. The largest absolute Gasteiger partial charge is 0.317 e. The number of unbranched alkanes of at least 4 members (excludes halogenated alkanes) is 2. The smallest absolute Gasteiger partial charge is 0.00460 e. The molecule has 0 aliphatic heterocycles. The van der Waals surface area contributed by atoms with E-state index < -0.39 is 0 Å². The van der Waals surface area contributed by atoms with Crippen molar-refractivity contribution in [2.45, 2.75) is 32.6 Å². The van der Waals surface area contributed by atoms with Crippen molar-refractivity contribution in [3.63, 3.8) is 0 Å². The van der Waals surface area contributed by atoms with Crippen LogP contribution in [0.2, 0.25) is 0 Å². The van der Waals surface area contributed by atoms with Crippen LogP contribution < -0.4 is 5.32 Å². The molecule has 1 heteroatoms. The van der Waals surface area contributed by atoms with Gasteiger partial charge in [-0.05, 0) is 32.4 Å². The monoisotopic (exact) mass is 141 g/mol. The minimum absolute atomic E-state index is 1.14. The second kappa shape index (κ2) is 8.70. The summed E-state index contributed by atoms with van der Waals surface area (Å²) in [7, 11) is 0. The molecule has 1 nitrogen and oxygen atoms in total. The number of hydrogen-bond donors (Lipinski definition) is 1. The maximum absolute atomic E-state index is 3.67. The molecule has 0 bridgehead atoms. The highest BCUT2D eigenvalue weighted by Gasteiger charge is 1.84. The first-order chi connectivity index (χ1) is 4.91. The number of nitrogens with one attached hydrogen (secondary N) is 1. The molecule has 1 N–H and O–H groups in total. The van der Waals surface area contributed by atoms with Crippen LogP contribution in [0.3, 0.4) is 0 Å². The standard InChI is InChI=1S/C9H19N/c1-3-5-7-9-10-8-6-4-2/h3,10H,1,4-9H2,2H3. The Kier molecular flexibility index (Phi) is 8.44. The molecule has 0 saturated carbocycles. The third-order valence-corrected chi connectivity index (χ3v) is 1.47. The van der Waals surface area contributed by atoms with Gasteiger partial charge < -0.3 is 5.32 Å². The van der Waals surface area contributed by atoms with E-state index in [0.29, 0.717) is 0 Å². The van der Waals surface area contributed by atoms with Gasteiger partial charge in [0.1, 0.15) is 0 Å². The molecule has 60 valence electrons. The molecule has 0 saturated heterocycles. The molecule has 0 heterocycles. The van der Waals surface area contributed by atoms with Crippen molar-refractivity contribution < 1.29 is 0 Å². The van der Waals surface area contributed by atoms with Crippen LogP contribution in [0.4, 0.5) is 0 Å². The first-order valence-electron chi connectivity index (χ1n) is 4.23. The molecule has 0 aliphatic carbocycles. The Morgan fingerprint density at radius 1 is 1.30 bits per heavy atom. The maximum Gasteiger partial charge on any atom is -0.00460 e. The van der Waals surface area contributed by atoms with E-state index in [1.165, 1.54) is 25.8 Å². The highest BCUT2D eigenvalue weighted by atomic mass is 14.8. The zero-order chi connectivity index (χ0) is 7.66. The summed E-state index contributed by atoms with van der Waals surface area (Å²) in [6.45, 7) is 8.20. The molecule has 0 aromatic heterocycles. The minimum atomic E-state index is 1.14. The third kappa shape index (κ3) is 7.70. The van der Waals surface area contributed by atoms with E-state index in [-0.39, 0.29) is 0 Å². The van der Waals surface area contributed by atoms with Crippen molar-refractivity contribution in [1.29, 1.82) is 0 Å². The molecule has 0 unspecified atom stereocenters. The fourth-order valence-electron chi connectivity index (χ4n) is 0.798. The van der Waals surface area contributed by atoms with E-state index >= 15 is 0 Å². The number of allylic oxidation sites excluding steroid dienone is 1. The molecule has 0 amide bonds. The Morgan fingerprint density at radius 2 is 2.00 bits per heavy atom. The van der Waals surface area contributed by atoms with Gasteiger partial charge in [0.15, 0.2) is 0 Å². The van der Waals surface area contributed by atoms with E-state index in [9.17, 15) is 0 Å². The Bertz CT molecular complexity index is 69.1. The molecule has 0 aliphatic rings. The first kappa shape index (κ1) is 9.70. The summed E-state index contributed by atoms with van der Waals surface area (Å²) in [5, 5.41) is 3.37. The van der Waals surface area contributed by atoms with Crippen molar-refractivity contribution in [1.82, 2.24) is 5.32 Å². The van der Waals surface area contributed by atoms with Gasteiger partial charge in [-0.2, -0.15) is 0 Å². The van der Waals surface area contributed by atoms with Gasteiger partial charge in [0.25, 0.3) is 0 Å². The van der Waals surface area contributed by atoms with E-state index in [1.807, 2.05) is 6.08 Å². The Balaban J connectivity index is 2.70. The predicted octanol–water partition coefficient (Wildman–Crippen LogP) is 2.34. The van der Waals surface area contributed by atoms with Gasteiger partial charge >= 0.3 is 0 Å². The normalized spacial score (nSPS) is 9.70. The molecule has 0 atom stereocenters. The van der Waals surface area contributed by atoms with Crippen LogP contribution in [-0.2, 0) is 0 Å². The van der Waals surface area contributed by atoms with Gasteiger partial charge in [0.05, 0.1) is 0 Å². The van der Waals surface area contributed by atoms with Crippen LogP contribution in [0.5, 0.6) is 0 Å². The average Bonchev–Trinajstić information content (AvgIpc) is 1.97. The number of hydrogen-bond acceptors (Lipinski definition) is 1. The lowest BCUT2D eigenvalue weighted by Crippen LogP contribution is -2.15. The lowest BCUT2D eigenvalue weighted by Gasteiger charge is -2.00. The van der Waals surface area contributed by atoms with E-state index in [1.54, 1.807) is 0 Å². The zero-order valence-electron chi connectivity index (χ0n) is 7.03. The van der Waals surface area contributed by atoms with Crippen molar-refractivity contribution in [3.05, 3.63) is 12.7 Å². The van der Waals surface area contributed by atoms with Crippen LogP contribution in [0.1, 0.15) is 32.6 Å². The predicted molar refractivity (Wildman–Crippen MR) is 47.2 cm³/mol. The molecule has 0 fully saturated rings. The summed E-state index contributed by atoms with van der Waals surface area (Å²) >= 11 is 0. The fraction of sp³-hybridized carbons (Fsp3) is 0.778. The topological polar surface area (TPSA) is 12.0 Å². The summed E-state index contributed by atoms with van der Waals surface area (Å²) < 4.78 is 0. The lowest BCUT2D eigenvalue weighted by atomic mass is 10.3. The van der Waals surface area contributed by atoms with Crippen LogP contribution in [0.25, 0.3) is 0 Å². The number of rotatable bonds is 7. The molecular weight excluding hydrogens is 122 g/mol. The second-order valence-corrected chi connectivity index (χ2v) is 2.53. The van der Waals surface area contributed by atoms with Crippen molar-refractivity contribution in [2.24, 2.45) is 0 Å². The van der Waals surface area contributed by atoms with Gasteiger partial charge in [-0.15, -0.1) is 6.58 Å². The van der Waals surface area contributed by atoms with Crippen LogP contribution in [0.15, 0.2) is 12.7 Å². The summed E-state index contributed by atoms with van der Waals surface area (Å²) in [6, 6.07) is 0. The quantitative estimate of drug-likeness (QED) is 0.424. The van der Waals surface area contributed by atoms with E-state index in [0.717, 1.165) is 13.0 Å². The van der Waals surface area contributed by atoms with Gasteiger partial charge in [-0.25, -0.2) is 0 Å². The Hall–Kier alpha value is -0.300. The second-order valence-electron chi connectivity index (χ2n) is 2.53. The van der Waals surface area contributed by atoms with Gasteiger partial charge in [-0.3, -0.25) is 0 Å². The van der Waals surface area contributed by atoms with Gasteiger partial charge in [0.2, 0.25) is 0 Å². The molecule has 0 aromatic carbocycles. The minimum Gasteiger partial charge on any atom is -0.317 e. The highest BCUT2D eigenvalue weighted by molar-refractivity contribution is 4.66. The van der Waals surface area contributed by atoms with Crippen molar-refractivity contribution in [2.75, 3.05) is 13.1 Å². The van der Waals surface area contributed by atoms with Crippen molar-refractivity contribution in [3.8, 4) is 0 Å².